The van der Waals surface area contributed by atoms with Gasteiger partial charge in [-0.1, -0.05) is 0 Å². The predicted molar refractivity (Wildman–Crippen MR) is 72.8 cm³/mol. The number of hydrogen-bond acceptors (Lipinski definition) is 3. The molecule has 0 spiro atoms. The van der Waals surface area contributed by atoms with Crippen LogP contribution in [0.25, 0.3) is 0 Å². The number of hydrogen-bond donors (Lipinski definition) is 1. The summed E-state index contributed by atoms with van der Waals surface area (Å²) in [6, 6.07) is 0.410. The highest BCUT2D eigenvalue weighted by atomic mass is 16.2. The van der Waals surface area contributed by atoms with E-state index in [-0.39, 0.29) is 17.7 Å². The minimum absolute atomic E-state index is 0.00891. The van der Waals surface area contributed by atoms with Crippen LogP contribution in [0, 0.1) is 12.8 Å². The third-order valence-electron chi connectivity index (χ3n) is 3.92. The molecule has 108 valence electrons. The van der Waals surface area contributed by atoms with Crippen LogP contribution in [0.2, 0.25) is 0 Å². The number of nitrogens with one attached hydrogen (secondary N) is 1. The van der Waals surface area contributed by atoms with Crippen LogP contribution in [0.15, 0.2) is 12.4 Å². The molecule has 1 unspecified atom stereocenters. The lowest BCUT2D eigenvalue weighted by molar-refractivity contribution is -0.129. The van der Waals surface area contributed by atoms with E-state index in [1.165, 1.54) is 0 Å². The van der Waals surface area contributed by atoms with E-state index in [2.05, 4.69) is 10.4 Å². The molecule has 1 aromatic heterocycles. The Kier molecular flexibility index (Phi) is 3.46. The fraction of sp³-hybridized carbons (Fsp3) is 0.643. The number of aromatic nitrogens is 2. The molecule has 2 heterocycles. The molecule has 0 aromatic carbocycles. The van der Waals surface area contributed by atoms with Crippen LogP contribution >= 0.6 is 0 Å². The van der Waals surface area contributed by atoms with Crippen molar-refractivity contribution in [3.8, 4) is 0 Å². The van der Waals surface area contributed by atoms with E-state index in [0.717, 1.165) is 18.4 Å². The summed E-state index contributed by atoms with van der Waals surface area (Å²) in [6.45, 7) is 3.79. The second-order valence-corrected chi connectivity index (χ2v) is 5.75. The van der Waals surface area contributed by atoms with Crippen LogP contribution < -0.4 is 5.32 Å². The molecule has 3 rings (SSSR count). The average Bonchev–Trinajstić information content (AvgIpc) is 3.06. The van der Waals surface area contributed by atoms with Crippen LogP contribution in [-0.4, -0.2) is 45.6 Å². The third-order valence-corrected chi connectivity index (χ3v) is 3.92. The number of rotatable bonds is 5. The minimum atomic E-state index is -0.178. The Morgan fingerprint density at radius 1 is 1.50 bits per heavy atom. The zero-order valence-corrected chi connectivity index (χ0v) is 11.7. The number of carbonyl (C=O) groups excluding carboxylic acids is 2. The van der Waals surface area contributed by atoms with Gasteiger partial charge >= 0.3 is 0 Å². The summed E-state index contributed by atoms with van der Waals surface area (Å²) in [5, 5.41) is 7.07. The highest BCUT2D eigenvalue weighted by molar-refractivity contribution is 5.89. The van der Waals surface area contributed by atoms with Crippen LogP contribution in [0.5, 0.6) is 0 Å². The van der Waals surface area contributed by atoms with Crippen molar-refractivity contribution in [3.63, 3.8) is 0 Å². The molecule has 2 amide bonds. The van der Waals surface area contributed by atoms with Crippen molar-refractivity contribution in [1.82, 2.24) is 20.0 Å². The molecule has 2 aliphatic rings. The van der Waals surface area contributed by atoms with Crippen molar-refractivity contribution in [1.29, 1.82) is 0 Å². The summed E-state index contributed by atoms with van der Waals surface area (Å²) in [5.74, 6) is -0.0526. The Hall–Kier alpha value is -1.85. The molecular weight excluding hydrogens is 256 g/mol. The van der Waals surface area contributed by atoms with E-state index >= 15 is 0 Å². The molecule has 1 N–H and O–H groups in total. The Bertz CT molecular complexity index is 521. The predicted octanol–water partition coefficient (Wildman–Crippen LogP) is 0.319. The Morgan fingerprint density at radius 3 is 2.95 bits per heavy atom. The fourth-order valence-corrected chi connectivity index (χ4v) is 2.67. The minimum Gasteiger partial charge on any atom is -0.354 e. The van der Waals surface area contributed by atoms with Crippen LogP contribution in [0.1, 0.15) is 24.8 Å². The van der Waals surface area contributed by atoms with Gasteiger partial charge in [-0.3, -0.25) is 14.3 Å². The number of aryl methyl sites for hydroxylation is 1. The van der Waals surface area contributed by atoms with Crippen LogP contribution in [0.3, 0.4) is 0 Å². The zero-order valence-electron chi connectivity index (χ0n) is 11.7. The van der Waals surface area contributed by atoms with Gasteiger partial charge in [-0.25, -0.2) is 0 Å². The highest BCUT2D eigenvalue weighted by Gasteiger charge is 2.41. The van der Waals surface area contributed by atoms with Crippen molar-refractivity contribution < 1.29 is 9.59 Å². The number of amides is 2. The highest BCUT2D eigenvalue weighted by Crippen LogP contribution is 2.32. The number of nitrogens with zero attached hydrogens (tertiary/aromatic N) is 3. The molecule has 1 aromatic rings. The SMILES string of the molecule is Cc1cnn(CCNC(=O)C2CC(=O)N(C3CC3)C2)c1. The molecule has 0 bridgehead atoms. The van der Waals surface area contributed by atoms with Gasteiger partial charge in [-0.05, 0) is 25.3 Å². The van der Waals surface area contributed by atoms with Gasteiger partial charge in [0.15, 0.2) is 0 Å². The van der Waals surface area contributed by atoms with Gasteiger partial charge in [0.05, 0.1) is 18.7 Å². The van der Waals surface area contributed by atoms with Crippen molar-refractivity contribution in [2.45, 2.75) is 38.8 Å². The van der Waals surface area contributed by atoms with Gasteiger partial charge < -0.3 is 10.2 Å². The van der Waals surface area contributed by atoms with E-state index in [0.29, 0.717) is 32.1 Å². The van der Waals surface area contributed by atoms with E-state index < -0.39 is 0 Å². The molecule has 6 heteroatoms. The first kappa shape index (κ1) is 13.1. The number of carbonyl (C=O) groups is 2. The van der Waals surface area contributed by atoms with Crippen LogP contribution in [-0.2, 0) is 16.1 Å². The fourth-order valence-electron chi connectivity index (χ4n) is 2.67. The van der Waals surface area contributed by atoms with Gasteiger partial charge in [0.2, 0.25) is 11.8 Å². The summed E-state index contributed by atoms with van der Waals surface area (Å²) < 4.78 is 1.81. The molecule has 1 aliphatic heterocycles. The first-order valence-corrected chi connectivity index (χ1v) is 7.20. The third kappa shape index (κ3) is 2.84. The molecule has 1 aliphatic carbocycles. The first-order chi connectivity index (χ1) is 9.63. The van der Waals surface area contributed by atoms with Gasteiger partial charge in [0, 0.05) is 31.7 Å². The van der Waals surface area contributed by atoms with Gasteiger partial charge in [-0.2, -0.15) is 5.10 Å². The molecule has 6 nitrogen and oxygen atoms in total. The van der Waals surface area contributed by atoms with Gasteiger partial charge in [0.25, 0.3) is 0 Å². The quantitative estimate of drug-likeness (QED) is 0.842. The number of likely N-dealkylation sites (tertiary alicyclic amines) is 1. The molecule has 1 saturated heterocycles. The first-order valence-electron chi connectivity index (χ1n) is 7.20. The molecule has 1 atom stereocenters. The summed E-state index contributed by atoms with van der Waals surface area (Å²) >= 11 is 0. The lowest BCUT2D eigenvalue weighted by Crippen LogP contribution is -2.35. The maximum atomic E-state index is 12.1. The molecule has 1 saturated carbocycles. The van der Waals surface area contributed by atoms with Crippen LogP contribution in [0.4, 0.5) is 0 Å². The average molecular weight is 276 g/mol. The maximum Gasteiger partial charge on any atom is 0.225 e. The maximum absolute atomic E-state index is 12.1. The topological polar surface area (TPSA) is 67.2 Å². The largest absolute Gasteiger partial charge is 0.354 e. The second-order valence-electron chi connectivity index (χ2n) is 5.75. The van der Waals surface area contributed by atoms with Gasteiger partial charge in [-0.15, -0.1) is 0 Å². The van der Waals surface area contributed by atoms with Gasteiger partial charge in [0.1, 0.15) is 0 Å². The zero-order chi connectivity index (χ0) is 14.1. The normalized spacial score (nSPS) is 22.4. The van der Waals surface area contributed by atoms with Crippen molar-refractivity contribution in [2.75, 3.05) is 13.1 Å². The van der Waals surface area contributed by atoms with Crippen molar-refractivity contribution in [2.24, 2.45) is 5.92 Å². The molecule has 2 fully saturated rings. The summed E-state index contributed by atoms with van der Waals surface area (Å²) in [5.41, 5.74) is 1.11. The second kappa shape index (κ2) is 5.26. The molecular formula is C14H20N4O2. The van der Waals surface area contributed by atoms with E-state index in [9.17, 15) is 9.59 Å². The lowest BCUT2D eigenvalue weighted by atomic mass is 10.1. The smallest absolute Gasteiger partial charge is 0.225 e. The Morgan fingerprint density at radius 2 is 2.30 bits per heavy atom. The van der Waals surface area contributed by atoms with Crippen molar-refractivity contribution >= 4 is 11.8 Å². The van der Waals surface area contributed by atoms with E-state index in [1.54, 1.807) is 6.20 Å². The monoisotopic (exact) mass is 276 g/mol. The summed E-state index contributed by atoms with van der Waals surface area (Å²) in [7, 11) is 0. The summed E-state index contributed by atoms with van der Waals surface area (Å²) in [4.78, 5) is 25.7. The summed E-state index contributed by atoms with van der Waals surface area (Å²) in [6.07, 6.45) is 6.30. The molecule has 20 heavy (non-hydrogen) atoms. The Labute approximate surface area is 118 Å². The van der Waals surface area contributed by atoms with E-state index in [1.807, 2.05) is 22.7 Å². The lowest BCUT2D eigenvalue weighted by Gasteiger charge is -2.15. The molecule has 0 radical (unpaired) electrons. The van der Waals surface area contributed by atoms with E-state index in [4.69, 9.17) is 0 Å². The van der Waals surface area contributed by atoms with Crippen molar-refractivity contribution in [3.05, 3.63) is 18.0 Å². The Balaban J connectivity index is 1.44. The standard InChI is InChI=1S/C14H20N4O2/c1-10-7-16-17(8-10)5-4-15-14(20)11-6-13(19)18(9-11)12-2-3-12/h7-8,11-12H,2-6,9H2,1H3,(H,15,20).